The summed E-state index contributed by atoms with van der Waals surface area (Å²) in [5, 5.41) is 16.7. The number of aromatic nitrogens is 2. The molecule has 6 nitrogen and oxygen atoms in total. The second-order valence-corrected chi connectivity index (χ2v) is 5.55. The zero-order valence-corrected chi connectivity index (χ0v) is 13.8. The minimum atomic E-state index is -0.685. The number of benzene rings is 2. The predicted molar refractivity (Wildman–Crippen MR) is 89.5 cm³/mol. The first-order valence-electron chi connectivity index (χ1n) is 7.68. The molecule has 6 heteroatoms. The van der Waals surface area contributed by atoms with Crippen LogP contribution in [0.4, 0.5) is 0 Å². The Labute approximate surface area is 144 Å². The number of nitrogens with zero attached hydrogens (tertiary/aromatic N) is 3. The van der Waals surface area contributed by atoms with Crippen LogP contribution in [0, 0.1) is 18.3 Å². The van der Waals surface area contributed by atoms with E-state index in [0.717, 1.165) is 11.1 Å². The van der Waals surface area contributed by atoms with Crippen LogP contribution >= 0.6 is 0 Å². The molecule has 0 fully saturated rings. The lowest BCUT2D eigenvalue weighted by Gasteiger charge is -2.09. The summed E-state index contributed by atoms with van der Waals surface area (Å²) < 4.78 is 10.9. The lowest BCUT2D eigenvalue weighted by Crippen LogP contribution is -2.09. The summed E-state index contributed by atoms with van der Waals surface area (Å²) in [6, 6.07) is 15.9. The van der Waals surface area contributed by atoms with Crippen LogP contribution in [-0.4, -0.2) is 16.2 Å². The van der Waals surface area contributed by atoms with Gasteiger partial charge in [0.15, 0.2) is 6.10 Å². The number of carbonyl (C=O) groups is 1. The SMILES string of the molecule is Cc1ccc(-c2nnc([C@H](C)OC(=O)c3ccc(C#N)cc3)o2)cc1. The largest absolute Gasteiger partial charge is 0.449 e. The number of hydrogen-bond acceptors (Lipinski definition) is 6. The molecule has 1 aromatic heterocycles. The van der Waals surface area contributed by atoms with Gasteiger partial charge in [-0.3, -0.25) is 0 Å². The van der Waals surface area contributed by atoms with E-state index in [0.29, 0.717) is 17.0 Å². The van der Waals surface area contributed by atoms with Gasteiger partial charge in [-0.15, -0.1) is 10.2 Å². The van der Waals surface area contributed by atoms with Gasteiger partial charge in [0.25, 0.3) is 5.89 Å². The van der Waals surface area contributed by atoms with Gasteiger partial charge in [-0.2, -0.15) is 5.26 Å². The molecule has 0 aliphatic heterocycles. The number of aryl methyl sites for hydroxylation is 1. The Bertz CT molecular complexity index is 922. The minimum absolute atomic E-state index is 0.220. The Morgan fingerprint density at radius 1 is 1.12 bits per heavy atom. The van der Waals surface area contributed by atoms with E-state index in [1.807, 2.05) is 37.3 Å². The highest BCUT2D eigenvalue weighted by Crippen LogP contribution is 2.23. The molecule has 1 atom stereocenters. The van der Waals surface area contributed by atoms with E-state index in [4.69, 9.17) is 14.4 Å². The van der Waals surface area contributed by atoms with E-state index < -0.39 is 12.1 Å². The summed E-state index contributed by atoms with van der Waals surface area (Å²) in [6.07, 6.45) is -0.685. The maximum atomic E-state index is 12.1. The highest BCUT2D eigenvalue weighted by atomic mass is 16.6. The lowest BCUT2D eigenvalue weighted by atomic mass is 10.1. The standard InChI is InChI=1S/C19H15N3O3/c1-12-3-7-15(8-4-12)18-22-21-17(25-18)13(2)24-19(23)16-9-5-14(11-20)6-10-16/h3-10,13H,1-2H3/t13-/m0/s1. The van der Waals surface area contributed by atoms with Gasteiger partial charge in [0.2, 0.25) is 5.89 Å². The van der Waals surface area contributed by atoms with E-state index in [-0.39, 0.29) is 5.89 Å². The molecule has 0 aliphatic rings. The van der Waals surface area contributed by atoms with Crippen LogP contribution in [0.3, 0.4) is 0 Å². The molecule has 3 aromatic rings. The third-order valence-electron chi connectivity index (χ3n) is 3.62. The van der Waals surface area contributed by atoms with Crippen molar-refractivity contribution in [1.29, 1.82) is 5.26 Å². The zero-order chi connectivity index (χ0) is 17.8. The van der Waals surface area contributed by atoms with Crippen molar-refractivity contribution in [1.82, 2.24) is 10.2 Å². The number of esters is 1. The maximum absolute atomic E-state index is 12.1. The molecule has 0 saturated heterocycles. The predicted octanol–water partition coefficient (Wildman–Crippen LogP) is 3.83. The number of ether oxygens (including phenoxy) is 1. The molecule has 0 aliphatic carbocycles. The molecular formula is C19H15N3O3. The van der Waals surface area contributed by atoms with Crippen LogP contribution < -0.4 is 0 Å². The molecule has 0 bridgehead atoms. The van der Waals surface area contributed by atoms with Crippen molar-refractivity contribution in [2.45, 2.75) is 20.0 Å². The Hall–Kier alpha value is -3.46. The zero-order valence-electron chi connectivity index (χ0n) is 13.8. The van der Waals surface area contributed by atoms with E-state index in [2.05, 4.69) is 10.2 Å². The van der Waals surface area contributed by atoms with Crippen molar-refractivity contribution in [2.75, 3.05) is 0 Å². The Balaban J connectivity index is 1.70. The Morgan fingerprint density at radius 3 is 2.44 bits per heavy atom. The number of hydrogen-bond donors (Lipinski definition) is 0. The molecule has 2 aromatic carbocycles. The summed E-state index contributed by atoms with van der Waals surface area (Å²) >= 11 is 0. The van der Waals surface area contributed by atoms with Crippen molar-refractivity contribution in [3.8, 4) is 17.5 Å². The van der Waals surface area contributed by atoms with Crippen molar-refractivity contribution in [2.24, 2.45) is 0 Å². The van der Waals surface area contributed by atoms with Crippen LogP contribution in [-0.2, 0) is 4.74 Å². The summed E-state index contributed by atoms with van der Waals surface area (Å²) in [6.45, 7) is 3.65. The molecular weight excluding hydrogens is 318 g/mol. The van der Waals surface area contributed by atoms with E-state index in [1.165, 1.54) is 0 Å². The normalized spacial score (nSPS) is 11.6. The topological polar surface area (TPSA) is 89.0 Å². The van der Waals surface area contributed by atoms with Crippen LogP contribution in [0.5, 0.6) is 0 Å². The third kappa shape index (κ3) is 3.72. The highest BCUT2D eigenvalue weighted by Gasteiger charge is 2.20. The number of carbonyl (C=O) groups excluding carboxylic acids is 1. The molecule has 0 N–H and O–H groups in total. The first-order chi connectivity index (χ1) is 12.1. The molecule has 1 heterocycles. The van der Waals surface area contributed by atoms with Crippen LogP contribution in [0.25, 0.3) is 11.5 Å². The quantitative estimate of drug-likeness (QED) is 0.674. The maximum Gasteiger partial charge on any atom is 0.338 e. The lowest BCUT2D eigenvalue weighted by molar-refractivity contribution is 0.0280. The van der Waals surface area contributed by atoms with Crippen molar-refractivity contribution < 1.29 is 13.9 Å². The second kappa shape index (κ2) is 6.97. The van der Waals surface area contributed by atoms with Crippen LogP contribution in [0.1, 0.15) is 40.4 Å². The third-order valence-corrected chi connectivity index (χ3v) is 3.62. The van der Waals surface area contributed by atoms with Gasteiger partial charge in [-0.25, -0.2) is 4.79 Å². The van der Waals surface area contributed by atoms with Gasteiger partial charge in [0, 0.05) is 5.56 Å². The molecule has 0 spiro atoms. The van der Waals surface area contributed by atoms with Gasteiger partial charge in [0.1, 0.15) is 0 Å². The van der Waals surface area contributed by atoms with Crippen LogP contribution in [0.15, 0.2) is 52.9 Å². The second-order valence-electron chi connectivity index (χ2n) is 5.55. The Kier molecular flexibility index (Phi) is 4.57. The smallest absolute Gasteiger partial charge is 0.338 e. The van der Waals surface area contributed by atoms with E-state index in [9.17, 15) is 4.79 Å². The molecule has 0 amide bonds. The fraction of sp³-hybridized carbons (Fsp3) is 0.158. The first kappa shape index (κ1) is 16.4. The van der Waals surface area contributed by atoms with Crippen molar-refractivity contribution >= 4 is 5.97 Å². The summed E-state index contributed by atoms with van der Waals surface area (Å²) in [7, 11) is 0. The molecule has 3 rings (SSSR count). The molecule has 0 radical (unpaired) electrons. The van der Waals surface area contributed by atoms with Crippen molar-refractivity contribution in [3.63, 3.8) is 0 Å². The van der Waals surface area contributed by atoms with Crippen molar-refractivity contribution in [3.05, 3.63) is 71.1 Å². The van der Waals surface area contributed by atoms with Crippen LogP contribution in [0.2, 0.25) is 0 Å². The summed E-state index contributed by atoms with van der Waals surface area (Å²) in [5.74, 6) is 0.0703. The average molecular weight is 333 g/mol. The summed E-state index contributed by atoms with van der Waals surface area (Å²) in [4.78, 5) is 12.1. The molecule has 0 unspecified atom stereocenters. The van der Waals surface area contributed by atoms with Gasteiger partial charge < -0.3 is 9.15 Å². The van der Waals surface area contributed by atoms with Gasteiger partial charge in [0.05, 0.1) is 17.2 Å². The fourth-order valence-electron chi connectivity index (χ4n) is 2.17. The van der Waals surface area contributed by atoms with E-state index >= 15 is 0 Å². The van der Waals surface area contributed by atoms with E-state index in [1.54, 1.807) is 31.2 Å². The number of rotatable bonds is 4. The average Bonchev–Trinajstić information content (AvgIpc) is 3.12. The minimum Gasteiger partial charge on any atom is -0.449 e. The van der Waals surface area contributed by atoms with Gasteiger partial charge in [-0.05, 0) is 50.2 Å². The van der Waals surface area contributed by atoms with Gasteiger partial charge >= 0.3 is 5.97 Å². The van der Waals surface area contributed by atoms with Gasteiger partial charge in [-0.1, -0.05) is 17.7 Å². The molecule has 25 heavy (non-hydrogen) atoms. The monoisotopic (exact) mass is 333 g/mol. The highest BCUT2D eigenvalue weighted by molar-refractivity contribution is 5.89. The molecule has 0 saturated carbocycles. The summed E-state index contributed by atoms with van der Waals surface area (Å²) in [5.41, 5.74) is 2.76. The number of nitriles is 1. The molecule has 124 valence electrons. The first-order valence-corrected chi connectivity index (χ1v) is 7.68. The Morgan fingerprint density at radius 2 is 1.80 bits per heavy atom. The fourth-order valence-corrected chi connectivity index (χ4v) is 2.17.